The normalized spacial score (nSPS) is 7.00. The topological polar surface area (TPSA) is 0 Å². The van der Waals surface area contributed by atoms with Crippen LogP contribution in [-0.2, 0) is 0 Å². The van der Waals surface area contributed by atoms with Gasteiger partial charge in [-0.1, -0.05) is 0 Å². The van der Waals surface area contributed by atoms with Crippen molar-refractivity contribution in [2.24, 2.45) is 0 Å². The minimum atomic E-state index is 0. The Hall–Kier alpha value is 2.01. The standard InChI is InChI=1S/C3H7.C2H5.BrH.2Mg/c1-3-2;1-2;;;/h3H,1-2H3;1H2,2H3;1H;;/q;;;2*+1. The molecule has 0 aromatic rings. The van der Waals surface area contributed by atoms with E-state index in [1.54, 1.807) is 0 Å². The molecule has 0 fully saturated rings. The van der Waals surface area contributed by atoms with Gasteiger partial charge in [-0.05, 0) is 0 Å². The third-order valence-electron chi connectivity index (χ3n) is 0. The van der Waals surface area contributed by atoms with Crippen LogP contribution in [0.5, 0.6) is 0 Å². The summed E-state index contributed by atoms with van der Waals surface area (Å²) in [4.78, 5) is 0. The summed E-state index contributed by atoms with van der Waals surface area (Å²) in [5.41, 5.74) is 0. The molecule has 3 heteroatoms. The van der Waals surface area contributed by atoms with E-state index in [4.69, 9.17) is 0 Å². The number of hydrogen-bond donors (Lipinski definition) is 0. The SMILES string of the molecule is Br.C[CH2][Mg+].C[CH](C)[Mg+]. The van der Waals surface area contributed by atoms with E-state index >= 15 is 0 Å². The second-order valence-electron chi connectivity index (χ2n) is 1.89. The number of rotatable bonds is 0. The molecule has 0 aliphatic carbocycles. The van der Waals surface area contributed by atoms with Gasteiger partial charge in [-0.25, -0.2) is 0 Å². The van der Waals surface area contributed by atoms with E-state index in [0.717, 1.165) is 4.05 Å². The Balaban J connectivity index is -0.0000000575. The Morgan fingerprint density at radius 2 is 1.38 bits per heavy atom. The zero-order valence-electron chi connectivity index (χ0n) is 6.11. The van der Waals surface area contributed by atoms with Crippen molar-refractivity contribution in [3.05, 3.63) is 0 Å². The van der Waals surface area contributed by atoms with Crippen LogP contribution in [0.4, 0.5) is 0 Å². The molecule has 0 N–H and O–H groups in total. The molecule has 0 bridgehead atoms. The average Bonchev–Trinajstić information content (AvgIpc) is 1.33. The van der Waals surface area contributed by atoms with E-state index in [9.17, 15) is 0 Å². The van der Waals surface area contributed by atoms with Crippen LogP contribution < -0.4 is 0 Å². The molecule has 0 amide bonds. The summed E-state index contributed by atoms with van der Waals surface area (Å²) in [6.45, 7) is 6.50. The van der Waals surface area contributed by atoms with Gasteiger partial charge in [0.15, 0.2) is 0 Å². The molecule has 0 heterocycles. The summed E-state index contributed by atoms with van der Waals surface area (Å²) in [5, 5.41) is 0. The Labute approximate surface area is 88.8 Å². The Morgan fingerprint density at radius 3 is 1.38 bits per heavy atom. The molecule has 0 rings (SSSR count). The molecule has 0 atom stereocenters. The van der Waals surface area contributed by atoms with Crippen LogP contribution in [0.15, 0.2) is 0 Å². The Morgan fingerprint density at radius 1 is 1.38 bits per heavy atom. The summed E-state index contributed by atoms with van der Waals surface area (Å²) < 4.78 is 2.14. The molecule has 0 aliphatic heterocycles. The molecular formula is C5H13BrMg2+2. The molecule has 0 spiro atoms. The summed E-state index contributed by atoms with van der Waals surface area (Å²) in [6, 6.07) is 0. The van der Waals surface area contributed by atoms with Gasteiger partial charge in [0.1, 0.15) is 0 Å². The van der Waals surface area contributed by atoms with Crippen molar-refractivity contribution in [1.29, 1.82) is 0 Å². The molecule has 0 saturated carbocycles. The molecule has 0 nitrogen and oxygen atoms in total. The maximum atomic E-state index is 2.18. The van der Waals surface area contributed by atoms with Crippen LogP contribution >= 0.6 is 17.0 Å². The van der Waals surface area contributed by atoms with Crippen molar-refractivity contribution in [1.82, 2.24) is 0 Å². The van der Waals surface area contributed by atoms with Crippen molar-refractivity contribution >= 4 is 60.4 Å². The first-order valence-electron chi connectivity index (χ1n) is 2.77. The molecule has 0 aromatic carbocycles. The van der Waals surface area contributed by atoms with Gasteiger partial charge in [0.2, 0.25) is 0 Å². The van der Waals surface area contributed by atoms with Crippen LogP contribution in [0, 0.1) is 0 Å². The van der Waals surface area contributed by atoms with Gasteiger partial charge < -0.3 is 0 Å². The predicted molar refractivity (Wildman–Crippen MR) is 47.4 cm³/mol. The molecule has 42 valence electrons. The van der Waals surface area contributed by atoms with Crippen molar-refractivity contribution in [2.45, 2.75) is 29.4 Å². The van der Waals surface area contributed by atoms with Crippen LogP contribution in [0.3, 0.4) is 0 Å². The van der Waals surface area contributed by atoms with Crippen LogP contribution in [0.2, 0.25) is 8.60 Å². The third kappa shape index (κ3) is 97.3. The van der Waals surface area contributed by atoms with Crippen molar-refractivity contribution < 1.29 is 0 Å². The fourth-order valence-electron chi connectivity index (χ4n) is 0. The van der Waals surface area contributed by atoms with Crippen LogP contribution in [0.25, 0.3) is 0 Å². The van der Waals surface area contributed by atoms with E-state index in [0.29, 0.717) is 0 Å². The zero-order chi connectivity index (χ0) is 6.28. The van der Waals surface area contributed by atoms with Gasteiger partial charge in [0.05, 0.1) is 0 Å². The Kier molecular flexibility index (Phi) is 33.1. The second-order valence-corrected chi connectivity index (χ2v) is 4.53. The van der Waals surface area contributed by atoms with Crippen LogP contribution in [-0.4, -0.2) is 43.4 Å². The number of halogens is 1. The van der Waals surface area contributed by atoms with E-state index in [-0.39, 0.29) is 17.0 Å². The van der Waals surface area contributed by atoms with Crippen molar-refractivity contribution in [3.8, 4) is 0 Å². The molecule has 0 radical (unpaired) electrons. The molecule has 8 heavy (non-hydrogen) atoms. The zero-order valence-corrected chi connectivity index (χ0v) is 10.6. The molecular weight excluding hydrogens is 189 g/mol. The van der Waals surface area contributed by atoms with E-state index < -0.39 is 0 Å². The van der Waals surface area contributed by atoms with E-state index in [2.05, 4.69) is 20.8 Å². The predicted octanol–water partition coefficient (Wildman–Crippen LogP) is 2.15. The summed E-state index contributed by atoms with van der Waals surface area (Å²) in [5.74, 6) is 0. The summed E-state index contributed by atoms with van der Waals surface area (Å²) in [6.07, 6.45) is 0. The molecule has 0 aliphatic rings. The van der Waals surface area contributed by atoms with Crippen LogP contribution in [0.1, 0.15) is 20.8 Å². The van der Waals surface area contributed by atoms with Gasteiger partial charge in [-0.2, -0.15) is 0 Å². The molecule has 0 aromatic heterocycles. The monoisotopic (exact) mass is 200 g/mol. The second kappa shape index (κ2) is 16.0. The van der Waals surface area contributed by atoms with Gasteiger partial charge in [0.25, 0.3) is 0 Å². The van der Waals surface area contributed by atoms with Gasteiger partial charge in [0, 0.05) is 0 Å². The minimum absolute atomic E-state index is 0. The molecule has 0 unspecified atom stereocenters. The first kappa shape index (κ1) is 16.5. The average molecular weight is 202 g/mol. The number of hydrogen-bond acceptors (Lipinski definition) is 0. The van der Waals surface area contributed by atoms with E-state index in [1.165, 1.54) is 4.55 Å². The quantitative estimate of drug-likeness (QED) is 0.527. The summed E-state index contributed by atoms with van der Waals surface area (Å²) >= 11 is 3.98. The fourth-order valence-corrected chi connectivity index (χ4v) is 0. The van der Waals surface area contributed by atoms with Gasteiger partial charge >= 0.3 is 72.8 Å². The third-order valence-corrected chi connectivity index (χ3v) is 0. The van der Waals surface area contributed by atoms with E-state index in [1.807, 2.05) is 43.4 Å². The molecule has 0 saturated heterocycles. The first-order valence-corrected chi connectivity index (χ1v) is 4.59. The summed E-state index contributed by atoms with van der Waals surface area (Å²) in [7, 11) is 0. The van der Waals surface area contributed by atoms with Crippen molar-refractivity contribution in [2.75, 3.05) is 0 Å². The first-order chi connectivity index (χ1) is 3.15. The van der Waals surface area contributed by atoms with Gasteiger partial charge in [-0.3, -0.25) is 0 Å². The fraction of sp³-hybridized carbons (Fsp3) is 1.00. The Bertz CT molecular complexity index is 21.6. The van der Waals surface area contributed by atoms with Gasteiger partial charge in [-0.15, -0.1) is 17.0 Å². The van der Waals surface area contributed by atoms with Crippen molar-refractivity contribution in [3.63, 3.8) is 0 Å². The maximum absolute atomic E-state index is 2.18.